The average Bonchev–Trinajstić information content (AvgIpc) is 2.94. The number of rotatable bonds is 8. The van der Waals surface area contributed by atoms with Crippen LogP contribution in [0.1, 0.15) is 39.2 Å². The van der Waals surface area contributed by atoms with Crippen LogP contribution in [0.4, 0.5) is 0 Å². The fourth-order valence-electron chi connectivity index (χ4n) is 2.46. The van der Waals surface area contributed by atoms with Gasteiger partial charge in [0.05, 0.1) is 18.8 Å². The molecule has 1 saturated heterocycles. The van der Waals surface area contributed by atoms with E-state index in [0.717, 1.165) is 31.2 Å². The Morgan fingerprint density at radius 1 is 1.33 bits per heavy atom. The zero-order chi connectivity index (χ0) is 15.1. The van der Waals surface area contributed by atoms with E-state index >= 15 is 0 Å². The first-order valence-electron chi connectivity index (χ1n) is 7.93. The Kier molecular flexibility index (Phi) is 6.33. The fraction of sp³-hybridized carbons (Fsp3) is 0.647. The van der Waals surface area contributed by atoms with E-state index < -0.39 is 0 Å². The van der Waals surface area contributed by atoms with Crippen molar-refractivity contribution in [1.82, 2.24) is 5.32 Å². The van der Waals surface area contributed by atoms with E-state index in [-0.39, 0.29) is 6.10 Å². The number of hydrogen-bond acceptors (Lipinski definition) is 4. The molecule has 21 heavy (non-hydrogen) atoms. The molecule has 1 fully saturated rings. The van der Waals surface area contributed by atoms with E-state index in [1.807, 2.05) is 26.8 Å². The van der Waals surface area contributed by atoms with Crippen LogP contribution in [0.2, 0.25) is 0 Å². The lowest BCUT2D eigenvalue weighted by molar-refractivity contribution is 0.110. The standard InChI is InChI=1S/C17H27NO3/c1-4-19-17-10-14(7-8-16(17)21-13(2)3)11-18-12-15-6-5-9-20-15/h7-8,10,13,15,18H,4-6,9,11-12H2,1-3H3/t15-/m0/s1. The minimum Gasteiger partial charge on any atom is -0.490 e. The lowest BCUT2D eigenvalue weighted by Gasteiger charge is -2.16. The van der Waals surface area contributed by atoms with Gasteiger partial charge in [0.25, 0.3) is 0 Å². The normalized spacial score (nSPS) is 18.2. The molecule has 1 heterocycles. The molecule has 0 saturated carbocycles. The van der Waals surface area contributed by atoms with Gasteiger partial charge in [-0.3, -0.25) is 0 Å². The monoisotopic (exact) mass is 293 g/mol. The van der Waals surface area contributed by atoms with Gasteiger partial charge in [0, 0.05) is 19.7 Å². The highest BCUT2D eigenvalue weighted by Crippen LogP contribution is 2.29. The molecule has 0 bridgehead atoms. The molecule has 0 aromatic heterocycles. The van der Waals surface area contributed by atoms with Gasteiger partial charge in [0.2, 0.25) is 0 Å². The first-order chi connectivity index (χ1) is 10.2. The Hall–Kier alpha value is -1.26. The zero-order valence-electron chi connectivity index (χ0n) is 13.4. The predicted molar refractivity (Wildman–Crippen MR) is 84.1 cm³/mol. The van der Waals surface area contributed by atoms with Crippen molar-refractivity contribution in [2.45, 2.75) is 52.4 Å². The molecule has 0 amide bonds. The summed E-state index contributed by atoms with van der Waals surface area (Å²) in [5.74, 6) is 1.64. The molecular weight excluding hydrogens is 266 g/mol. The largest absolute Gasteiger partial charge is 0.490 e. The predicted octanol–water partition coefficient (Wildman–Crippen LogP) is 3.14. The molecule has 1 aromatic rings. The van der Waals surface area contributed by atoms with Crippen LogP contribution in [0.25, 0.3) is 0 Å². The van der Waals surface area contributed by atoms with Crippen LogP contribution >= 0.6 is 0 Å². The van der Waals surface area contributed by atoms with E-state index in [1.54, 1.807) is 0 Å². The van der Waals surface area contributed by atoms with E-state index in [9.17, 15) is 0 Å². The molecule has 0 spiro atoms. The van der Waals surface area contributed by atoms with Crippen LogP contribution in [-0.4, -0.2) is 32.0 Å². The van der Waals surface area contributed by atoms with Crippen LogP contribution in [-0.2, 0) is 11.3 Å². The second kappa shape index (κ2) is 8.25. The van der Waals surface area contributed by atoms with Gasteiger partial charge in [-0.15, -0.1) is 0 Å². The molecular formula is C17H27NO3. The molecule has 1 atom stereocenters. The Morgan fingerprint density at radius 3 is 2.86 bits per heavy atom. The molecule has 1 aliphatic heterocycles. The van der Waals surface area contributed by atoms with Gasteiger partial charge in [0.1, 0.15) is 0 Å². The highest BCUT2D eigenvalue weighted by Gasteiger charge is 2.14. The SMILES string of the molecule is CCOc1cc(CNC[C@@H]2CCCO2)ccc1OC(C)C. The number of nitrogens with one attached hydrogen (secondary N) is 1. The van der Waals surface area contributed by atoms with E-state index in [4.69, 9.17) is 14.2 Å². The third-order valence-electron chi connectivity index (χ3n) is 3.40. The van der Waals surface area contributed by atoms with Crippen molar-refractivity contribution in [2.75, 3.05) is 19.8 Å². The molecule has 4 nitrogen and oxygen atoms in total. The summed E-state index contributed by atoms with van der Waals surface area (Å²) in [7, 11) is 0. The van der Waals surface area contributed by atoms with Crippen LogP contribution < -0.4 is 14.8 Å². The quantitative estimate of drug-likeness (QED) is 0.799. The molecule has 0 aliphatic carbocycles. The van der Waals surface area contributed by atoms with E-state index in [1.165, 1.54) is 18.4 Å². The molecule has 1 aliphatic rings. The minimum absolute atomic E-state index is 0.146. The summed E-state index contributed by atoms with van der Waals surface area (Å²) >= 11 is 0. The van der Waals surface area contributed by atoms with Crippen molar-refractivity contribution in [3.63, 3.8) is 0 Å². The van der Waals surface area contributed by atoms with Crippen LogP contribution in [0, 0.1) is 0 Å². The summed E-state index contributed by atoms with van der Waals surface area (Å²) in [5.41, 5.74) is 1.20. The molecule has 4 heteroatoms. The number of ether oxygens (including phenoxy) is 3. The Balaban J connectivity index is 1.91. The Morgan fingerprint density at radius 2 is 2.19 bits per heavy atom. The zero-order valence-corrected chi connectivity index (χ0v) is 13.4. The first-order valence-corrected chi connectivity index (χ1v) is 7.93. The van der Waals surface area contributed by atoms with Gasteiger partial charge in [-0.05, 0) is 51.3 Å². The molecule has 118 valence electrons. The van der Waals surface area contributed by atoms with Crippen molar-refractivity contribution in [1.29, 1.82) is 0 Å². The highest BCUT2D eigenvalue weighted by atomic mass is 16.5. The number of benzene rings is 1. The maximum absolute atomic E-state index is 5.77. The maximum Gasteiger partial charge on any atom is 0.161 e. The van der Waals surface area contributed by atoms with Crippen molar-refractivity contribution in [3.05, 3.63) is 23.8 Å². The highest BCUT2D eigenvalue weighted by molar-refractivity contribution is 5.43. The molecule has 1 aromatic carbocycles. The smallest absolute Gasteiger partial charge is 0.161 e. The first kappa shape index (κ1) is 16.1. The number of hydrogen-bond donors (Lipinski definition) is 1. The van der Waals surface area contributed by atoms with Crippen molar-refractivity contribution < 1.29 is 14.2 Å². The Labute approximate surface area is 127 Å². The summed E-state index contributed by atoms with van der Waals surface area (Å²) in [6, 6.07) is 6.14. The van der Waals surface area contributed by atoms with Gasteiger partial charge in [-0.1, -0.05) is 6.07 Å². The lowest BCUT2D eigenvalue weighted by Crippen LogP contribution is -2.25. The average molecular weight is 293 g/mol. The second-order valence-corrected chi connectivity index (χ2v) is 5.65. The summed E-state index contributed by atoms with van der Waals surface area (Å²) in [5, 5.41) is 3.45. The summed E-state index contributed by atoms with van der Waals surface area (Å²) in [6.07, 6.45) is 2.87. The van der Waals surface area contributed by atoms with E-state index in [2.05, 4.69) is 17.4 Å². The van der Waals surface area contributed by atoms with Crippen molar-refractivity contribution in [3.8, 4) is 11.5 Å². The van der Waals surface area contributed by atoms with Gasteiger partial charge < -0.3 is 19.5 Å². The van der Waals surface area contributed by atoms with Crippen LogP contribution in [0.5, 0.6) is 11.5 Å². The van der Waals surface area contributed by atoms with Gasteiger partial charge in [0.15, 0.2) is 11.5 Å². The van der Waals surface area contributed by atoms with Crippen LogP contribution in [0.15, 0.2) is 18.2 Å². The van der Waals surface area contributed by atoms with Crippen molar-refractivity contribution in [2.24, 2.45) is 0 Å². The summed E-state index contributed by atoms with van der Waals surface area (Å²) in [6.45, 7) is 9.31. The molecule has 2 rings (SSSR count). The van der Waals surface area contributed by atoms with E-state index in [0.29, 0.717) is 12.7 Å². The Bertz CT molecular complexity index is 428. The van der Waals surface area contributed by atoms with Crippen LogP contribution in [0.3, 0.4) is 0 Å². The molecule has 1 N–H and O–H groups in total. The molecule has 0 unspecified atom stereocenters. The lowest BCUT2D eigenvalue weighted by atomic mass is 10.2. The van der Waals surface area contributed by atoms with Gasteiger partial charge >= 0.3 is 0 Å². The summed E-state index contributed by atoms with van der Waals surface area (Å²) in [4.78, 5) is 0. The minimum atomic E-state index is 0.146. The second-order valence-electron chi connectivity index (χ2n) is 5.65. The summed E-state index contributed by atoms with van der Waals surface area (Å²) < 4.78 is 17.1. The fourth-order valence-corrected chi connectivity index (χ4v) is 2.46. The molecule has 0 radical (unpaired) electrons. The van der Waals surface area contributed by atoms with Gasteiger partial charge in [-0.2, -0.15) is 0 Å². The van der Waals surface area contributed by atoms with Gasteiger partial charge in [-0.25, -0.2) is 0 Å². The third kappa shape index (κ3) is 5.21. The topological polar surface area (TPSA) is 39.7 Å². The van der Waals surface area contributed by atoms with Crippen molar-refractivity contribution >= 4 is 0 Å². The third-order valence-corrected chi connectivity index (χ3v) is 3.40. The maximum atomic E-state index is 5.77.